The van der Waals surface area contributed by atoms with Gasteiger partial charge in [-0.25, -0.2) is 0 Å². The van der Waals surface area contributed by atoms with Crippen LogP contribution < -0.4 is 10.6 Å². The van der Waals surface area contributed by atoms with Crippen LogP contribution in [0, 0.1) is 0 Å². The van der Waals surface area contributed by atoms with Gasteiger partial charge >= 0.3 is 0 Å². The van der Waals surface area contributed by atoms with E-state index < -0.39 is 0 Å². The number of hydrogen-bond acceptors (Lipinski definition) is 3. The van der Waals surface area contributed by atoms with Crippen LogP contribution in [0.3, 0.4) is 0 Å². The van der Waals surface area contributed by atoms with E-state index in [0.717, 1.165) is 19.0 Å². The van der Waals surface area contributed by atoms with E-state index in [0.29, 0.717) is 6.04 Å². The molecule has 0 aliphatic carbocycles. The molecule has 4 heteroatoms. The number of nitrogens with zero attached hydrogens (tertiary/aromatic N) is 2. The Morgan fingerprint density at radius 2 is 2.53 bits per heavy atom. The van der Waals surface area contributed by atoms with Gasteiger partial charge in [-0.15, -0.1) is 0 Å². The van der Waals surface area contributed by atoms with Crippen molar-refractivity contribution in [1.29, 1.82) is 0 Å². The highest BCUT2D eigenvalue weighted by molar-refractivity contribution is 5.00. The van der Waals surface area contributed by atoms with Gasteiger partial charge in [0.2, 0.25) is 0 Å². The minimum absolute atomic E-state index is 0.596. The van der Waals surface area contributed by atoms with Crippen LogP contribution in [0.1, 0.15) is 31.9 Å². The van der Waals surface area contributed by atoms with Crippen LogP contribution in [-0.2, 0) is 13.5 Å². The zero-order valence-corrected chi connectivity index (χ0v) is 10.9. The van der Waals surface area contributed by atoms with Gasteiger partial charge in [0, 0.05) is 44.0 Å². The molecular formula is C13H24N4. The second-order valence-corrected chi connectivity index (χ2v) is 5.08. The van der Waals surface area contributed by atoms with Gasteiger partial charge in [0.1, 0.15) is 0 Å². The highest BCUT2D eigenvalue weighted by Crippen LogP contribution is 2.10. The third kappa shape index (κ3) is 3.82. The SMILES string of the molecule is CC(CC1CCCN1)NCCc1ccnn1C. The van der Waals surface area contributed by atoms with E-state index in [2.05, 4.69) is 28.7 Å². The van der Waals surface area contributed by atoms with E-state index in [4.69, 9.17) is 0 Å². The zero-order chi connectivity index (χ0) is 12.1. The van der Waals surface area contributed by atoms with Crippen LogP contribution in [0.5, 0.6) is 0 Å². The normalized spacial score (nSPS) is 21.9. The molecule has 0 saturated carbocycles. The number of rotatable bonds is 6. The highest BCUT2D eigenvalue weighted by Gasteiger charge is 2.16. The van der Waals surface area contributed by atoms with Crippen LogP contribution in [0.15, 0.2) is 12.3 Å². The third-order valence-corrected chi connectivity index (χ3v) is 3.60. The lowest BCUT2D eigenvalue weighted by atomic mass is 10.1. The molecular weight excluding hydrogens is 212 g/mol. The summed E-state index contributed by atoms with van der Waals surface area (Å²) in [6, 6.07) is 3.42. The lowest BCUT2D eigenvalue weighted by molar-refractivity contribution is 0.441. The smallest absolute Gasteiger partial charge is 0.0492 e. The Bertz CT molecular complexity index is 328. The Labute approximate surface area is 104 Å². The van der Waals surface area contributed by atoms with Crippen molar-refractivity contribution in [3.8, 4) is 0 Å². The Morgan fingerprint density at radius 1 is 1.65 bits per heavy atom. The summed E-state index contributed by atoms with van der Waals surface area (Å²) < 4.78 is 1.95. The lowest BCUT2D eigenvalue weighted by Crippen LogP contribution is -2.35. The van der Waals surface area contributed by atoms with E-state index in [1.165, 1.54) is 31.5 Å². The summed E-state index contributed by atoms with van der Waals surface area (Å²) in [6.07, 6.45) is 6.84. The molecule has 1 saturated heterocycles. The van der Waals surface area contributed by atoms with E-state index in [-0.39, 0.29) is 0 Å². The van der Waals surface area contributed by atoms with Crippen LogP contribution in [0.2, 0.25) is 0 Å². The largest absolute Gasteiger partial charge is 0.314 e. The quantitative estimate of drug-likeness (QED) is 0.777. The molecule has 0 amide bonds. The number of aryl methyl sites for hydroxylation is 1. The molecule has 4 nitrogen and oxygen atoms in total. The molecule has 2 N–H and O–H groups in total. The molecule has 0 radical (unpaired) electrons. The molecule has 2 rings (SSSR count). The van der Waals surface area contributed by atoms with Gasteiger partial charge in [0.25, 0.3) is 0 Å². The molecule has 17 heavy (non-hydrogen) atoms. The van der Waals surface area contributed by atoms with Crippen molar-refractivity contribution >= 4 is 0 Å². The molecule has 1 aromatic heterocycles. The fourth-order valence-corrected chi connectivity index (χ4v) is 2.56. The molecule has 0 spiro atoms. The molecule has 2 atom stereocenters. The summed E-state index contributed by atoms with van der Waals surface area (Å²) in [5.74, 6) is 0. The number of aromatic nitrogens is 2. The predicted molar refractivity (Wildman–Crippen MR) is 70.0 cm³/mol. The fourth-order valence-electron chi connectivity index (χ4n) is 2.56. The first kappa shape index (κ1) is 12.6. The van der Waals surface area contributed by atoms with Gasteiger partial charge in [-0.3, -0.25) is 4.68 Å². The maximum absolute atomic E-state index is 4.18. The van der Waals surface area contributed by atoms with Gasteiger partial charge in [0.15, 0.2) is 0 Å². The Kier molecular flexibility index (Phi) is 4.57. The van der Waals surface area contributed by atoms with Gasteiger partial charge in [-0.05, 0) is 38.8 Å². The molecule has 0 aromatic carbocycles. The number of nitrogens with one attached hydrogen (secondary N) is 2. The first-order valence-electron chi connectivity index (χ1n) is 6.69. The van der Waals surface area contributed by atoms with Crippen LogP contribution >= 0.6 is 0 Å². The molecule has 1 aliphatic heterocycles. The van der Waals surface area contributed by atoms with Gasteiger partial charge in [-0.2, -0.15) is 5.10 Å². The molecule has 1 aliphatic rings. The van der Waals surface area contributed by atoms with E-state index in [1.807, 2.05) is 17.9 Å². The van der Waals surface area contributed by atoms with Crippen LogP contribution in [0.25, 0.3) is 0 Å². The maximum Gasteiger partial charge on any atom is 0.0492 e. The van der Waals surface area contributed by atoms with Crippen LogP contribution in [-0.4, -0.2) is 35.0 Å². The van der Waals surface area contributed by atoms with E-state index in [9.17, 15) is 0 Å². The van der Waals surface area contributed by atoms with Crippen molar-refractivity contribution in [2.45, 2.75) is 44.7 Å². The molecule has 1 fully saturated rings. The lowest BCUT2D eigenvalue weighted by Gasteiger charge is -2.18. The first-order valence-corrected chi connectivity index (χ1v) is 6.69. The molecule has 2 heterocycles. The maximum atomic E-state index is 4.18. The molecule has 1 aromatic rings. The standard InChI is InChI=1S/C13H24N4/c1-11(10-12-4-3-7-15-12)14-8-5-13-6-9-16-17(13)2/h6,9,11-12,14-15H,3-5,7-8,10H2,1-2H3. The second kappa shape index (κ2) is 6.17. The van der Waals surface area contributed by atoms with Crippen molar-refractivity contribution in [1.82, 2.24) is 20.4 Å². The summed E-state index contributed by atoms with van der Waals surface area (Å²) in [6.45, 7) is 4.52. The fraction of sp³-hybridized carbons (Fsp3) is 0.769. The molecule has 0 bridgehead atoms. The van der Waals surface area contributed by atoms with Crippen molar-refractivity contribution in [3.05, 3.63) is 18.0 Å². The summed E-state index contributed by atoms with van der Waals surface area (Å²) in [5.41, 5.74) is 1.30. The Hall–Kier alpha value is -0.870. The topological polar surface area (TPSA) is 41.9 Å². The van der Waals surface area contributed by atoms with Gasteiger partial charge < -0.3 is 10.6 Å². The van der Waals surface area contributed by atoms with E-state index >= 15 is 0 Å². The molecule has 2 unspecified atom stereocenters. The van der Waals surface area contributed by atoms with Gasteiger partial charge in [0.05, 0.1) is 0 Å². The van der Waals surface area contributed by atoms with Crippen LogP contribution in [0.4, 0.5) is 0 Å². The monoisotopic (exact) mass is 236 g/mol. The van der Waals surface area contributed by atoms with Crippen molar-refractivity contribution in [2.24, 2.45) is 7.05 Å². The average Bonchev–Trinajstić information content (AvgIpc) is 2.91. The highest BCUT2D eigenvalue weighted by atomic mass is 15.3. The Balaban J connectivity index is 1.62. The summed E-state index contributed by atoms with van der Waals surface area (Å²) in [5, 5.41) is 11.3. The average molecular weight is 236 g/mol. The minimum Gasteiger partial charge on any atom is -0.314 e. The first-order chi connectivity index (χ1) is 8.25. The minimum atomic E-state index is 0.596. The second-order valence-electron chi connectivity index (χ2n) is 5.08. The van der Waals surface area contributed by atoms with Crippen molar-refractivity contribution < 1.29 is 0 Å². The predicted octanol–water partition coefficient (Wildman–Crippen LogP) is 1.08. The molecule has 96 valence electrons. The summed E-state index contributed by atoms with van der Waals surface area (Å²) in [7, 11) is 2.00. The number of hydrogen-bond donors (Lipinski definition) is 2. The van der Waals surface area contributed by atoms with E-state index in [1.54, 1.807) is 0 Å². The van der Waals surface area contributed by atoms with Crippen molar-refractivity contribution in [2.75, 3.05) is 13.1 Å². The summed E-state index contributed by atoms with van der Waals surface area (Å²) in [4.78, 5) is 0. The zero-order valence-electron chi connectivity index (χ0n) is 10.9. The third-order valence-electron chi connectivity index (χ3n) is 3.60. The summed E-state index contributed by atoms with van der Waals surface area (Å²) >= 11 is 0. The van der Waals surface area contributed by atoms with Crippen molar-refractivity contribution in [3.63, 3.8) is 0 Å². The Morgan fingerprint density at radius 3 is 3.18 bits per heavy atom. The van der Waals surface area contributed by atoms with Gasteiger partial charge in [-0.1, -0.05) is 0 Å².